The number of aryl methyl sites for hydroxylation is 1. The van der Waals surface area contributed by atoms with E-state index in [0.717, 1.165) is 12.0 Å². The van der Waals surface area contributed by atoms with Gasteiger partial charge in [0, 0.05) is 18.2 Å². The van der Waals surface area contributed by atoms with E-state index in [1.807, 2.05) is 81.4 Å². The molecule has 33 heavy (non-hydrogen) atoms. The second-order valence-corrected chi connectivity index (χ2v) is 8.64. The lowest BCUT2D eigenvalue weighted by atomic mass is 9.88. The van der Waals surface area contributed by atoms with E-state index in [-0.39, 0.29) is 23.8 Å². The molecule has 3 rings (SSSR count). The summed E-state index contributed by atoms with van der Waals surface area (Å²) in [6, 6.07) is 27.2. The van der Waals surface area contributed by atoms with Crippen molar-refractivity contribution in [1.29, 1.82) is 0 Å². The molecule has 172 valence electrons. The molecular weight excluding hydrogens is 410 g/mol. The first-order valence-electron chi connectivity index (χ1n) is 11.5. The minimum Gasteiger partial charge on any atom is -0.354 e. The number of nitrogens with one attached hydrogen (secondary N) is 3. The van der Waals surface area contributed by atoms with Crippen LogP contribution < -0.4 is 16.0 Å². The standard InChI is InChI=1S/C28H33N3O2/c1-20(2)26(31-28(33)30-24-16-10-11-21(3)19-24)27(32)29-18-17-25(22-12-6-4-7-13-22)23-14-8-5-9-15-23/h4-16,19-20,25-26H,17-18H2,1-3H3,(H,29,32)(H2,30,31,33). The summed E-state index contributed by atoms with van der Waals surface area (Å²) in [5, 5.41) is 8.66. The molecule has 5 heteroatoms. The van der Waals surface area contributed by atoms with Crippen LogP contribution in [0.5, 0.6) is 0 Å². The lowest BCUT2D eigenvalue weighted by Gasteiger charge is -2.23. The molecule has 1 atom stereocenters. The van der Waals surface area contributed by atoms with E-state index in [0.29, 0.717) is 12.2 Å². The number of hydrogen-bond acceptors (Lipinski definition) is 2. The van der Waals surface area contributed by atoms with Gasteiger partial charge in [-0.2, -0.15) is 0 Å². The van der Waals surface area contributed by atoms with E-state index >= 15 is 0 Å². The van der Waals surface area contributed by atoms with E-state index < -0.39 is 6.04 Å². The lowest BCUT2D eigenvalue weighted by Crippen LogP contribution is -2.51. The largest absolute Gasteiger partial charge is 0.354 e. The number of anilines is 1. The molecule has 0 bridgehead atoms. The van der Waals surface area contributed by atoms with Crippen molar-refractivity contribution >= 4 is 17.6 Å². The number of benzene rings is 3. The second-order valence-electron chi connectivity index (χ2n) is 8.64. The van der Waals surface area contributed by atoms with Gasteiger partial charge in [0.25, 0.3) is 0 Å². The Bertz CT molecular complexity index is 996. The third kappa shape index (κ3) is 7.21. The molecule has 0 radical (unpaired) electrons. The fourth-order valence-electron chi connectivity index (χ4n) is 3.91. The van der Waals surface area contributed by atoms with Gasteiger partial charge in [-0.05, 0) is 48.1 Å². The van der Waals surface area contributed by atoms with E-state index in [1.54, 1.807) is 0 Å². The van der Waals surface area contributed by atoms with Crippen molar-refractivity contribution in [3.05, 3.63) is 102 Å². The summed E-state index contributed by atoms with van der Waals surface area (Å²) in [7, 11) is 0. The summed E-state index contributed by atoms with van der Waals surface area (Å²) in [5.41, 5.74) is 4.18. The van der Waals surface area contributed by atoms with E-state index in [2.05, 4.69) is 40.2 Å². The Morgan fingerprint density at radius 2 is 1.42 bits per heavy atom. The van der Waals surface area contributed by atoms with Crippen molar-refractivity contribution in [3.63, 3.8) is 0 Å². The zero-order valence-corrected chi connectivity index (χ0v) is 19.5. The predicted octanol–water partition coefficient (Wildman–Crippen LogP) is 5.48. The van der Waals surface area contributed by atoms with Gasteiger partial charge in [-0.3, -0.25) is 4.79 Å². The molecule has 3 aromatic rings. The number of carbonyl (C=O) groups is 2. The van der Waals surface area contributed by atoms with Crippen molar-refractivity contribution < 1.29 is 9.59 Å². The zero-order valence-electron chi connectivity index (χ0n) is 19.5. The highest BCUT2D eigenvalue weighted by atomic mass is 16.2. The molecule has 3 aromatic carbocycles. The van der Waals surface area contributed by atoms with Crippen LogP contribution >= 0.6 is 0 Å². The Morgan fingerprint density at radius 3 is 1.97 bits per heavy atom. The van der Waals surface area contributed by atoms with Gasteiger partial charge >= 0.3 is 6.03 Å². The van der Waals surface area contributed by atoms with Crippen molar-refractivity contribution in [1.82, 2.24) is 10.6 Å². The van der Waals surface area contributed by atoms with Crippen molar-refractivity contribution in [2.45, 2.75) is 39.2 Å². The zero-order chi connectivity index (χ0) is 23.6. The van der Waals surface area contributed by atoms with Crippen LogP contribution in [0.4, 0.5) is 10.5 Å². The summed E-state index contributed by atoms with van der Waals surface area (Å²) >= 11 is 0. The van der Waals surface area contributed by atoms with Gasteiger partial charge in [0.1, 0.15) is 6.04 Å². The van der Waals surface area contributed by atoms with Crippen molar-refractivity contribution in [2.24, 2.45) is 5.92 Å². The first kappa shape index (κ1) is 24.1. The monoisotopic (exact) mass is 443 g/mol. The molecule has 0 aromatic heterocycles. The van der Waals surface area contributed by atoms with Crippen LogP contribution in [0.2, 0.25) is 0 Å². The number of urea groups is 1. The van der Waals surface area contributed by atoms with Crippen LogP contribution in [0.15, 0.2) is 84.9 Å². The highest BCUT2D eigenvalue weighted by Gasteiger charge is 2.24. The van der Waals surface area contributed by atoms with Crippen LogP contribution in [0.1, 0.15) is 42.9 Å². The molecule has 5 nitrogen and oxygen atoms in total. The highest BCUT2D eigenvalue weighted by Crippen LogP contribution is 2.27. The molecule has 0 heterocycles. The number of amides is 3. The number of rotatable bonds is 9. The number of carbonyl (C=O) groups excluding carboxylic acids is 2. The second kappa shape index (κ2) is 11.9. The summed E-state index contributed by atoms with van der Waals surface area (Å²) in [5.74, 6) is -0.0423. The molecule has 0 aliphatic carbocycles. The van der Waals surface area contributed by atoms with Gasteiger partial charge in [0.05, 0.1) is 0 Å². The minimum atomic E-state index is -0.623. The summed E-state index contributed by atoms with van der Waals surface area (Å²) in [4.78, 5) is 25.4. The minimum absolute atomic E-state index is 0.0488. The molecule has 0 saturated carbocycles. The van der Waals surface area contributed by atoms with Gasteiger partial charge in [0.2, 0.25) is 5.91 Å². The smallest absolute Gasteiger partial charge is 0.319 e. The fraction of sp³-hybridized carbons (Fsp3) is 0.286. The molecule has 1 unspecified atom stereocenters. The van der Waals surface area contributed by atoms with Crippen LogP contribution in [0.3, 0.4) is 0 Å². The third-order valence-electron chi connectivity index (χ3n) is 5.65. The molecule has 0 aliphatic rings. The van der Waals surface area contributed by atoms with E-state index in [4.69, 9.17) is 0 Å². The summed E-state index contributed by atoms with van der Waals surface area (Å²) in [6.07, 6.45) is 0.764. The Kier molecular flexibility index (Phi) is 8.64. The Morgan fingerprint density at radius 1 is 0.818 bits per heavy atom. The maximum atomic E-state index is 12.9. The quantitative estimate of drug-likeness (QED) is 0.410. The normalized spacial score (nSPS) is 11.8. The first-order chi connectivity index (χ1) is 15.9. The van der Waals surface area contributed by atoms with Gasteiger partial charge < -0.3 is 16.0 Å². The predicted molar refractivity (Wildman–Crippen MR) is 134 cm³/mol. The van der Waals surface area contributed by atoms with Crippen LogP contribution in [0.25, 0.3) is 0 Å². The highest BCUT2D eigenvalue weighted by molar-refractivity contribution is 5.93. The maximum absolute atomic E-state index is 12.9. The molecule has 0 fully saturated rings. The number of hydrogen-bond donors (Lipinski definition) is 3. The molecule has 3 N–H and O–H groups in total. The van der Waals surface area contributed by atoms with E-state index in [9.17, 15) is 9.59 Å². The van der Waals surface area contributed by atoms with Gasteiger partial charge in [0.15, 0.2) is 0 Å². The first-order valence-corrected chi connectivity index (χ1v) is 11.5. The van der Waals surface area contributed by atoms with Crippen molar-refractivity contribution in [2.75, 3.05) is 11.9 Å². The SMILES string of the molecule is Cc1cccc(NC(=O)NC(C(=O)NCCC(c2ccccc2)c2ccccc2)C(C)C)c1. The van der Waals surface area contributed by atoms with Gasteiger partial charge in [-0.1, -0.05) is 86.6 Å². The Balaban J connectivity index is 1.59. The average Bonchev–Trinajstić information content (AvgIpc) is 2.81. The lowest BCUT2D eigenvalue weighted by molar-refractivity contribution is -0.123. The fourth-order valence-corrected chi connectivity index (χ4v) is 3.91. The van der Waals surface area contributed by atoms with Crippen LogP contribution in [-0.2, 0) is 4.79 Å². The molecular formula is C28H33N3O2. The topological polar surface area (TPSA) is 70.2 Å². The molecule has 0 saturated heterocycles. The molecule has 3 amide bonds. The van der Waals surface area contributed by atoms with Crippen LogP contribution in [0, 0.1) is 12.8 Å². The van der Waals surface area contributed by atoms with Crippen LogP contribution in [-0.4, -0.2) is 24.5 Å². The molecule has 0 spiro atoms. The average molecular weight is 444 g/mol. The Labute approximate surface area is 196 Å². The summed E-state index contributed by atoms with van der Waals surface area (Å²) in [6.45, 7) is 6.32. The van der Waals surface area contributed by atoms with Gasteiger partial charge in [-0.15, -0.1) is 0 Å². The third-order valence-corrected chi connectivity index (χ3v) is 5.65. The maximum Gasteiger partial charge on any atom is 0.319 e. The van der Waals surface area contributed by atoms with Gasteiger partial charge in [-0.25, -0.2) is 4.79 Å². The van der Waals surface area contributed by atoms with E-state index in [1.165, 1.54) is 11.1 Å². The molecule has 0 aliphatic heterocycles. The van der Waals surface area contributed by atoms with Crippen molar-refractivity contribution in [3.8, 4) is 0 Å². The summed E-state index contributed by atoms with van der Waals surface area (Å²) < 4.78 is 0. The Hall–Kier alpha value is -3.60.